The normalized spacial score (nSPS) is 11.7. The van der Waals surface area contributed by atoms with E-state index in [1.807, 2.05) is 59.3 Å². The van der Waals surface area contributed by atoms with Gasteiger partial charge in [-0.15, -0.1) is 0 Å². The van der Waals surface area contributed by atoms with Crippen LogP contribution in [0.2, 0.25) is 10.0 Å². The molecule has 0 aliphatic carbocycles. The van der Waals surface area contributed by atoms with Gasteiger partial charge in [0.2, 0.25) is 0 Å². The summed E-state index contributed by atoms with van der Waals surface area (Å²) in [7, 11) is -3.30. The Morgan fingerprint density at radius 3 is 2.17 bits per heavy atom. The van der Waals surface area contributed by atoms with Crippen LogP contribution in [0.4, 0.5) is 0 Å². The Balaban J connectivity index is 1.49. The SMILES string of the molecule is CS(=O)(=O)c1cccc(-c2ccc(/C=C/c3nc(-c4ccc(Cl)c(Cl)c4)cn3-c3ccc(C(=O)O)cc3)cc2)c1. The highest BCUT2D eigenvalue weighted by Crippen LogP contribution is 2.30. The highest BCUT2D eigenvalue weighted by molar-refractivity contribution is 7.90. The monoisotopic (exact) mass is 588 g/mol. The maximum atomic E-state index is 11.9. The van der Waals surface area contributed by atoms with Gasteiger partial charge in [-0.3, -0.25) is 4.57 Å². The van der Waals surface area contributed by atoms with Crippen molar-refractivity contribution in [2.24, 2.45) is 0 Å². The van der Waals surface area contributed by atoms with Crippen LogP contribution in [0, 0.1) is 0 Å². The van der Waals surface area contributed by atoms with E-state index in [4.69, 9.17) is 28.2 Å². The van der Waals surface area contributed by atoms with E-state index in [1.54, 1.807) is 54.6 Å². The van der Waals surface area contributed by atoms with Gasteiger partial charge in [-0.2, -0.15) is 0 Å². The molecule has 4 aromatic carbocycles. The quantitative estimate of drug-likeness (QED) is 0.209. The summed E-state index contributed by atoms with van der Waals surface area (Å²) in [6, 6.07) is 26.4. The van der Waals surface area contributed by atoms with Gasteiger partial charge < -0.3 is 5.11 Å². The van der Waals surface area contributed by atoms with Gasteiger partial charge in [0.05, 0.1) is 26.2 Å². The van der Waals surface area contributed by atoms with Crippen molar-refractivity contribution < 1.29 is 18.3 Å². The van der Waals surface area contributed by atoms with Crippen LogP contribution in [0.1, 0.15) is 21.7 Å². The fourth-order valence-corrected chi connectivity index (χ4v) is 5.11. The van der Waals surface area contributed by atoms with Crippen molar-refractivity contribution in [1.29, 1.82) is 0 Å². The van der Waals surface area contributed by atoms with Gasteiger partial charge in [-0.25, -0.2) is 18.2 Å². The van der Waals surface area contributed by atoms with Crippen LogP contribution in [0.3, 0.4) is 0 Å². The predicted octanol–water partition coefficient (Wildman–Crippen LogP) is 7.79. The molecular formula is C31H22Cl2N2O4S. The Morgan fingerprint density at radius 2 is 1.52 bits per heavy atom. The van der Waals surface area contributed by atoms with Crippen LogP contribution in [-0.2, 0) is 9.84 Å². The minimum absolute atomic E-state index is 0.188. The topological polar surface area (TPSA) is 89.3 Å². The smallest absolute Gasteiger partial charge is 0.335 e. The number of carboxylic acid groups (broad SMARTS) is 1. The third-order valence-electron chi connectivity index (χ3n) is 6.27. The van der Waals surface area contributed by atoms with Crippen LogP contribution in [0.15, 0.2) is 102 Å². The molecule has 1 heterocycles. The number of sulfone groups is 1. The second kappa shape index (κ2) is 11.1. The number of aromatic carboxylic acids is 1. The molecule has 0 amide bonds. The number of aromatic nitrogens is 2. The number of halogens is 2. The Bertz CT molecular complexity index is 1860. The summed E-state index contributed by atoms with van der Waals surface area (Å²) in [5.74, 6) is -0.380. The van der Waals surface area contributed by atoms with Crippen molar-refractivity contribution in [1.82, 2.24) is 9.55 Å². The number of carbonyl (C=O) groups is 1. The fraction of sp³-hybridized carbons (Fsp3) is 0.0323. The number of hydrogen-bond donors (Lipinski definition) is 1. The van der Waals surface area contributed by atoms with E-state index in [2.05, 4.69) is 0 Å². The Hall–Kier alpha value is -4.17. The summed E-state index contributed by atoms with van der Waals surface area (Å²) in [6.07, 6.45) is 6.83. The van der Waals surface area contributed by atoms with E-state index in [0.717, 1.165) is 27.9 Å². The highest BCUT2D eigenvalue weighted by Gasteiger charge is 2.12. The number of carboxylic acids is 1. The molecule has 0 aliphatic heterocycles. The first-order valence-electron chi connectivity index (χ1n) is 12.1. The van der Waals surface area contributed by atoms with Crippen molar-refractivity contribution in [2.45, 2.75) is 4.90 Å². The van der Waals surface area contributed by atoms with Gasteiger partial charge >= 0.3 is 5.97 Å². The number of hydrogen-bond acceptors (Lipinski definition) is 4. The minimum Gasteiger partial charge on any atom is -0.478 e. The van der Waals surface area contributed by atoms with Crippen molar-refractivity contribution >= 4 is 51.2 Å². The van der Waals surface area contributed by atoms with E-state index in [-0.39, 0.29) is 10.5 Å². The lowest BCUT2D eigenvalue weighted by Gasteiger charge is -2.06. The van der Waals surface area contributed by atoms with Gasteiger partial charge in [0, 0.05) is 23.7 Å². The molecule has 0 spiro atoms. The summed E-state index contributed by atoms with van der Waals surface area (Å²) in [5.41, 5.74) is 4.99. The average molecular weight is 590 g/mol. The molecule has 9 heteroatoms. The molecule has 1 N–H and O–H groups in total. The maximum Gasteiger partial charge on any atom is 0.335 e. The lowest BCUT2D eigenvalue weighted by Crippen LogP contribution is -1.99. The van der Waals surface area contributed by atoms with Crippen molar-refractivity contribution in [3.63, 3.8) is 0 Å². The lowest BCUT2D eigenvalue weighted by molar-refractivity contribution is 0.0697. The highest BCUT2D eigenvalue weighted by atomic mass is 35.5. The van der Waals surface area contributed by atoms with Gasteiger partial charge in [0.1, 0.15) is 5.82 Å². The van der Waals surface area contributed by atoms with Crippen molar-refractivity contribution in [3.05, 3.63) is 124 Å². The molecule has 40 heavy (non-hydrogen) atoms. The van der Waals surface area contributed by atoms with E-state index in [9.17, 15) is 18.3 Å². The Labute approximate surface area is 241 Å². The minimum atomic E-state index is -3.30. The molecule has 0 saturated heterocycles. The first-order chi connectivity index (χ1) is 19.1. The van der Waals surface area contributed by atoms with Gasteiger partial charge in [0.25, 0.3) is 0 Å². The Kier molecular flexibility index (Phi) is 7.63. The van der Waals surface area contributed by atoms with Crippen molar-refractivity contribution in [2.75, 3.05) is 6.26 Å². The molecule has 0 aliphatic rings. The van der Waals surface area contributed by atoms with Gasteiger partial charge in [-0.05, 0) is 71.3 Å². The van der Waals surface area contributed by atoms with Crippen LogP contribution in [0.5, 0.6) is 0 Å². The number of benzene rings is 4. The molecule has 0 atom stereocenters. The summed E-state index contributed by atoms with van der Waals surface area (Å²) in [5, 5.41) is 10.1. The Morgan fingerprint density at radius 1 is 0.825 bits per heavy atom. The zero-order chi connectivity index (χ0) is 28.4. The molecule has 1 aromatic heterocycles. The second-order valence-electron chi connectivity index (χ2n) is 9.09. The third kappa shape index (κ3) is 6.02. The molecule has 200 valence electrons. The summed E-state index contributed by atoms with van der Waals surface area (Å²) < 4.78 is 25.7. The summed E-state index contributed by atoms with van der Waals surface area (Å²) in [4.78, 5) is 16.4. The first kappa shape index (κ1) is 27.4. The average Bonchev–Trinajstić information content (AvgIpc) is 3.37. The van der Waals surface area contributed by atoms with E-state index < -0.39 is 15.8 Å². The summed E-state index contributed by atoms with van der Waals surface area (Å²) >= 11 is 12.3. The molecule has 5 rings (SSSR count). The maximum absolute atomic E-state index is 11.9. The molecule has 0 radical (unpaired) electrons. The molecular weight excluding hydrogens is 567 g/mol. The predicted molar refractivity (Wildman–Crippen MR) is 160 cm³/mol. The third-order valence-corrected chi connectivity index (χ3v) is 8.12. The molecule has 5 aromatic rings. The molecule has 0 bridgehead atoms. The molecule has 0 fully saturated rings. The van der Waals surface area contributed by atoms with E-state index >= 15 is 0 Å². The van der Waals surface area contributed by atoms with E-state index in [1.165, 1.54) is 6.26 Å². The zero-order valence-corrected chi connectivity index (χ0v) is 23.5. The van der Waals surface area contributed by atoms with Crippen LogP contribution < -0.4 is 0 Å². The largest absolute Gasteiger partial charge is 0.478 e. The van der Waals surface area contributed by atoms with Crippen molar-refractivity contribution in [3.8, 4) is 28.1 Å². The standard InChI is InChI=1S/C31H22Cl2N2O4S/c1-40(38,39)26-4-2-3-23(17-26)21-8-5-20(6-9-21)7-16-30-34-29(24-12-15-27(32)28(33)18-24)19-35(30)25-13-10-22(11-14-25)31(36)37/h2-19H,1H3,(H,36,37)/b16-7+. The lowest BCUT2D eigenvalue weighted by atomic mass is 10.0. The molecule has 6 nitrogen and oxygen atoms in total. The second-order valence-corrected chi connectivity index (χ2v) is 11.9. The van der Waals surface area contributed by atoms with Crippen LogP contribution in [-0.4, -0.2) is 35.3 Å². The zero-order valence-electron chi connectivity index (χ0n) is 21.1. The van der Waals surface area contributed by atoms with E-state index in [0.29, 0.717) is 21.6 Å². The van der Waals surface area contributed by atoms with Gasteiger partial charge in [-0.1, -0.05) is 71.7 Å². The van der Waals surface area contributed by atoms with Crippen LogP contribution >= 0.6 is 23.2 Å². The number of imidazole rings is 1. The number of rotatable bonds is 7. The first-order valence-corrected chi connectivity index (χ1v) is 14.7. The summed E-state index contributed by atoms with van der Waals surface area (Å²) in [6.45, 7) is 0. The number of nitrogens with zero attached hydrogens (tertiary/aromatic N) is 2. The van der Waals surface area contributed by atoms with Crippen LogP contribution in [0.25, 0.3) is 40.2 Å². The fourth-order valence-electron chi connectivity index (χ4n) is 4.14. The molecule has 0 saturated carbocycles. The molecule has 0 unspecified atom stereocenters. The van der Waals surface area contributed by atoms with Gasteiger partial charge in [0.15, 0.2) is 9.84 Å².